The molecule has 0 bridgehead atoms. The highest BCUT2D eigenvalue weighted by molar-refractivity contribution is 5.81. The molecule has 0 unspecified atom stereocenters. The van der Waals surface area contributed by atoms with E-state index < -0.39 is 0 Å². The second-order valence-electron chi connectivity index (χ2n) is 4.17. The first kappa shape index (κ1) is 10.6. The van der Waals surface area contributed by atoms with Crippen LogP contribution in [0.4, 0.5) is 5.69 Å². The molecule has 3 rings (SSSR count). The van der Waals surface area contributed by atoms with Gasteiger partial charge in [0.05, 0.1) is 17.4 Å². The predicted molar refractivity (Wildman–Crippen MR) is 70.3 cm³/mol. The Labute approximate surface area is 103 Å². The van der Waals surface area contributed by atoms with Gasteiger partial charge in [0.25, 0.3) is 5.56 Å². The highest BCUT2D eigenvalue weighted by Crippen LogP contribution is 2.12. The molecule has 0 aliphatic carbocycles. The van der Waals surface area contributed by atoms with E-state index >= 15 is 0 Å². The molecule has 0 atom stereocenters. The number of hydrogen-bond acceptors (Lipinski definition) is 3. The summed E-state index contributed by atoms with van der Waals surface area (Å²) >= 11 is 0. The maximum absolute atomic E-state index is 12.1. The molecule has 0 fully saturated rings. The fourth-order valence-corrected chi connectivity index (χ4v) is 1.97. The lowest BCUT2D eigenvalue weighted by Gasteiger charge is -2.00. The second-order valence-corrected chi connectivity index (χ2v) is 4.17. The largest absolute Gasteiger partial charge is 0.399 e. The Morgan fingerprint density at radius 2 is 2.22 bits per heavy atom. The minimum absolute atomic E-state index is 0.0474. The molecule has 0 amide bonds. The number of H-pyrrole nitrogens is 1. The molecule has 0 aliphatic rings. The summed E-state index contributed by atoms with van der Waals surface area (Å²) in [6.07, 6.45) is 3.45. The number of fused-ring (bicyclic) bond motifs is 1. The zero-order valence-electron chi connectivity index (χ0n) is 9.63. The number of nitrogens with two attached hydrogens (primary N) is 1. The molecule has 0 saturated carbocycles. The number of hydrogen-bond donors (Lipinski definition) is 2. The highest BCUT2D eigenvalue weighted by Gasteiger charge is 2.06. The Kier molecular flexibility index (Phi) is 2.37. The van der Waals surface area contributed by atoms with Gasteiger partial charge in [-0.05, 0) is 29.8 Å². The fraction of sp³-hybridized carbons (Fsp3) is 0.0769. The number of pyridine rings is 1. The van der Waals surface area contributed by atoms with E-state index in [9.17, 15) is 4.79 Å². The number of aromatic amines is 1. The van der Waals surface area contributed by atoms with Crippen LogP contribution >= 0.6 is 0 Å². The molecule has 18 heavy (non-hydrogen) atoms. The van der Waals surface area contributed by atoms with E-state index in [-0.39, 0.29) is 5.56 Å². The SMILES string of the molecule is Nc1ccc2c(=O)n(Cc3cccnc3)[nH]c2c1. The van der Waals surface area contributed by atoms with Gasteiger partial charge in [0.2, 0.25) is 0 Å². The summed E-state index contributed by atoms with van der Waals surface area (Å²) < 4.78 is 1.56. The van der Waals surface area contributed by atoms with Gasteiger partial charge in [-0.3, -0.25) is 14.9 Å². The van der Waals surface area contributed by atoms with Crippen molar-refractivity contribution in [1.29, 1.82) is 0 Å². The summed E-state index contributed by atoms with van der Waals surface area (Å²) in [5.74, 6) is 0. The van der Waals surface area contributed by atoms with Gasteiger partial charge in [0, 0.05) is 18.1 Å². The van der Waals surface area contributed by atoms with Crippen LogP contribution < -0.4 is 11.3 Å². The molecule has 0 saturated heterocycles. The van der Waals surface area contributed by atoms with Crippen molar-refractivity contribution in [3.63, 3.8) is 0 Å². The number of anilines is 1. The lowest BCUT2D eigenvalue weighted by atomic mass is 10.2. The van der Waals surface area contributed by atoms with Crippen LogP contribution in [0.15, 0.2) is 47.5 Å². The van der Waals surface area contributed by atoms with Crippen molar-refractivity contribution >= 4 is 16.6 Å². The van der Waals surface area contributed by atoms with Crippen LogP contribution in [0.3, 0.4) is 0 Å². The van der Waals surface area contributed by atoms with Gasteiger partial charge in [-0.2, -0.15) is 0 Å². The van der Waals surface area contributed by atoms with Crippen molar-refractivity contribution < 1.29 is 0 Å². The number of nitrogens with zero attached hydrogens (tertiary/aromatic N) is 2. The summed E-state index contributed by atoms with van der Waals surface area (Å²) in [5.41, 5.74) is 8.01. The van der Waals surface area contributed by atoms with Gasteiger partial charge in [-0.1, -0.05) is 6.07 Å². The van der Waals surface area contributed by atoms with E-state index in [0.717, 1.165) is 11.1 Å². The van der Waals surface area contributed by atoms with E-state index in [4.69, 9.17) is 5.73 Å². The standard InChI is InChI=1S/C13H12N4O/c14-10-3-4-11-12(6-10)16-17(13(11)18)8-9-2-1-5-15-7-9/h1-7,16H,8,14H2. The van der Waals surface area contributed by atoms with E-state index in [0.29, 0.717) is 17.6 Å². The van der Waals surface area contributed by atoms with Gasteiger partial charge >= 0.3 is 0 Å². The maximum atomic E-state index is 12.1. The third kappa shape index (κ3) is 1.75. The van der Waals surface area contributed by atoms with E-state index in [1.165, 1.54) is 0 Å². The van der Waals surface area contributed by atoms with Crippen LogP contribution in [-0.2, 0) is 6.54 Å². The molecule has 0 radical (unpaired) electrons. The van der Waals surface area contributed by atoms with Crippen molar-refractivity contribution in [2.24, 2.45) is 0 Å². The van der Waals surface area contributed by atoms with Gasteiger partial charge in [-0.25, -0.2) is 4.68 Å². The summed E-state index contributed by atoms with van der Waals surface area (Å²) in [4.78, 5) is 16.1. The van der Waals surface area contributed by atoms with E-state index in [1.54, 1.807) is 35.3 Å². The Morgan fingerprint density at radius 3 is 3.00 bits per heavy atom. The van der Waals surface area contributed by atoms with Crippen LogP contribution in [0.1, 0.15) is 5.56 Å². The van der Waals surface area contributed by atoms with Gasteiger partial charge in [0.1, 0.15) is 0 Å². The fourth-order valence-electron chi connectivity index (χ4n) is 1.97. The number of benzene rings is 1. The van der Waals surface area contributed by atoms with Gasteiger partial charge in [-0.15, -0.1) is 0 Å². The van der Waals surface area contributed by atoms with Crippen LogP contribution in [0, 0.1) is 0 Å². The summed E-state index contributed by atoms with van der Waals surface area (Å²) in [6, 6.07) is 9.01. The van der Waals surface area contributed by atoms with Crippen molar-refractivity contribution in [3.8, 4) is 0 Å². The zero-order valence-corrected chi connectivity index (χ0v) is 9.63. The summed E-state index contributed by atoms with van der Waals surface area (Å²) in [5, 5.41) is 3.70. The third-order valence-corrected chi connectivity index (χ3v) is 2.84. The molecule has 3 N–H and O–H groups in total. The van der Waals surface area contributed by atoms with Gasteiger partial charge in [0.15, 0.2) is 0 Å². The Hall–Kier alpha value is -2.56. The molecule has 0 aliphatic heterocycles. The molecular formula is C13H12N4O. The number of rotatable bonds is 2. The maximum Gasteiger partial charge on any atom is 0.274 e. The normalized spacial score (nSPS) is 10.9. The highest BCUT2D eigenvalue weighted by atomic mass is 16.1. The topological polar surface area (TPSA) is 76.7 Å². The molecule has 2 heterocycles. The van der Waals surface area contributed by atoms with Crippen molar-refractivity contribution in [3.05, 3.63) is 58.6 Å². The molecule has 5 nitrogen and oxygen atoms in total. The first-order chi connectivity index (χ1) is 8.74. The average Bonchev–Trinajstić information content (AvgIpc) is 2.67. The van der Waals surface area contributed by atoms with Crippen LogP contribution in [0.25, 0.3) is 10.9 Å². The number of nitrogens with one attached hydrogen (secondary N) is 1. The van der Waals surface area contributed by atoms with Crippen LogP contribution in [-0.4, -0.2) is 14.8 Å². The third-order valence-electron chi connectivity index (χ3n) is 2.84. The van der Waals surface area contributed by atoms with E-state index in [2.05, 4.69) is 10.1 Å². The Morgan fingerprint density at radius 1 is 1.33 bits per heavy atom. The van der Waals surface area contributed by atoms with Crippen molar-refractivity contribution in [1.82, 2.24) is 14.8 Å². The smallest absolute Gasteiger partial charge is 0.274 e. The zero-order chi connectivity index (χ0) is 12.5. The first-order valence-corrected chi connectivity index (χ1v) is 5.61. The summed E-state index contributed by atoms with van der Waals surface area (Å²) in [7, 11) is 0. The predicted octanol–water partition coefficient (Wildman–Crippen LogP) is 1.36. The molecule has 5 heteroatoms. The lowest BCUT2D eigenvalue weighted by molar-refractivity contribution is 0.670. The van der Waals surface area contributed by atoms with Crippen molar-refractivity contribution in [2.75, 3.05) is 5.73 Å². The average molecular weight is 240 g/mol. The van der Waals surface area contributed by atoms with Crippen molar-refractivity contribution in [2.45, 2.75) is 6.54 Å². The lowest BCUT2D eigenvalue weighted by Crippen LogP contribution is -2.17. The molecule has 2 aromatic heterocycles. The molecule has 0 spiro atoms. The minimum Gasteiger partial charge on any atom is -0.399 e. The molecule has 90 valence electrons. The number of aromatic nitrogens is 3. The molecule has 3 aromatic rings. The van der Waals surface area contributed by atoms with E-state index in [1.807, 2.05) is 12.1 Å². The Bertz CT molecular complexity index is 743. The summed E-state index contributed by atoms with van der Waals surface area (Å²) in [6.45, 7) is 0.473. The quantitative estimate of drug-likeness (QED) is 0.664. The second kappa shape index (κ2) is 4.03. The molecule has 1 aromatic carbocycles. The minimum atomic E-state index is -0.0474. The molecular weight excluding hydrogens is 228 g/mol. The van der Waals surface area contributed by atoms with Gasteiger partial charge < -0.3 is 5.73 Å². The van der Waals surface area contributed by atoms with Crippen LogP contribution in [0.2, 0.25) is 0 Å². The monoisotopic (exact) mass is 240 g/mol. The van der Waals surface area contributed by atoms with Crippen LogP contribution in [0.5, 0.6) is 0 Å². The first-order valence-electron chi connectivity index (χ1n) is 5.61. The number of nitrogen functional groups attached to an aromatic ring is 1. The Balaban J connectivity index is 2.08.